The fraction of sp³-hybridized carbons (Fsp3) is 0.188. The monoisotopic (exact) mass is 350 g/mol. The van der Waals surface area contributed by atoms with Crippen molar-refractivity contribution in [2.45, 2.75) is 23.6 Å². The summed E-state index contributed by atoms with van der Waals surface area (Å²) in [7, 11) is -4.50. The molecule has 0 aromatic heterocycles. The second kappa shape index (κ2) is 7.06. The Morgan fingerprint density at radius 3 is 2.13 bits per heavy atom. The zero-order valence-corrected chi connectivity index (χ0v) is 14.7. The summed E-state index contributed by atoms with van der Waals surface area (Å²) < 4.78 is 28.7. The minimum atomic E-state index is -3.74. The lowest BCUT2D eigenvalue weighted by Gasteiger charge is -2.06. The first-order chi connectivity index (χ1) is 10.8. The van der Waals surface area contributed by atoms with E-state index in [0.717, 1.165) is 10.5 Å². The maximum Gasteiger partial charge on any atom is 0.288 e. The summed E-state index contributed by atoms with van der Waals surface area (Å²) in [6.45, 7) is 3.37. The zero-order valence-electron chi connectivity index (χ0n) is 13.1. The number of sulfonamides is 1. The quantitative estimate of drug-likeness (QED) is 0.920. The summed E-state index contributed by atoms with van der Waals surface area (Å²) in [4.78, 5) is 12.0. The van der Waals surface area contributed by atoms with Crippen LogP contribution in [0.4, 0.5) is 5.69 Å². The molecule has 0 spiro atoms. The molecule has 0 unspecified atom stereocenters. The minimum Gasteiger partial charge on any atom is -0.326 e. The highest BCUT2D eigenvalue weighted by Gasteiger charge is 2.13. The Morgan fingerprint density at radius 2 is 1.61 bits per heavy atom. The molecule has 0 aliphatic rings. The van der Waals surface area contributed by atoms with E-state index in [9.17, 15) is 13.2 Å². The van der Waals surface area contributed by atoms with Gasteiger partial charge in [-0.3, -0.25) is 4.79 Å². The second-order valence-corrected chi connectivity index (χ2v) is 8.49. The molecule has 0 saturated carbocycles. The molecule has 0 bridgehead atoms. The normalized spacial score (nSPS) is 12.8. The molecular formula is C16H18N2O3S2. The molecule has 0 heterocycles. The molecule has 0 saturated heterocycles. The molecule has 23 heavy (non-hydrogen) atoms. The molecule has 1 N–H and O–H groups in total. The van der Waals surface area contributed by atoms with Crippen molar-refractivity contribution in [3.63, 3.8) is 0 Å². The summed E-state index contributed by atoms with van der Waals surface area (Å²) in [6.07, 6.45) is 1.77. The van der Waals surface area contributed by atoms with E-state index in [2.05, 4.69) is 9.08 Å². The van der Waals surface area contributed by atoms with Crippen LogP contribution in [0.15, 0.2) is 62.1 Å². The molecule has 1 atom stereocenters. The van der Waals surface area contributed by atoms with Gasteiger partial charge in [-0.15, -0.1) is 3.77 Å². The van der Waals surface area contributed by atoms with Crippen LogP contribution < -0.4 is 5.32 Å². The molecule has 0 aliphatic heterocycles. The summed E-state index contributed by atoms with van der Waals surface area (Å²) >= 11 is 0. The number of rotatable bonds is 4. The van der Waals surface area contributed by atoms with Crippen molar-refractivity contribution >= 4 is 32.3 Å². The predicted octanol–water partition coefficient (Wildman–Crippen LogP) is 3.13. The summed E-state index contributed by atoms with van der Waals surface area (Å²) in [5.74, 6) is -0.209. The minimum absolute atomic E-state index is 0.109. The van der Waals surface area contributed by atoms with Crippen molar-refractivity contribution in [2.75, 3.05) is 11.6 Å². The van der Waals surface area contributed by atoms with E-state index < -0.39 is 20.7 Å². The maximum absolute atomic E-state index is 12.4. The number of carbonyl (C=O) groups is 1. The Hall–Kier alpha value is -1.99. The van der Waals surface area contributed by atoms with Crippen molar-refractivity contribution < 1.29 is 13.2 Å². The highest BCUT2D eigenvalue weighted by molar-refractivity contribution is 7.99. The number of anilines is 1. The van der Waals surface area contributed by atoms with Crippen LogP contribution >= 0.6 is 0 Å². The van der Waals surface area contributed by atoms with Gasteiger partial charge in [0.15, 0.2) is 0 Å². The average molecular weight is 350 g/mol. The Kier molecular flexibility index (Phi) is 5.33. The molecule has 0 fully saturated rings. The third-order valence-corrected chi connectivity index (χ3v) is 6.55. The van der Waals surface area contributed by atoms with Crippen molar-refractivity contribution in [1.82, 2.24) is 0 Å². The van der Waals surface area contributed by atoms with Crippen molar-refractivity contribution in [2.24, 2.45) is 3.77 Å². The number of hydrogen-bond acceptors (Lipinski definition) is 3. The van der Waals surface area contributed by atoms with E-state index in [1.54, 1.807) is 18.4 Å². The molecule has 2 aromatic rings. The number of benzene rings is 2. The van der Waals surface area contributed by atoms with E-state index in [4.69, 9.17) is 0 Å². The van der Waals surface area contributed by atoms with Crippen LogP contribution in [0.25, 0.3) is 0 Å². The largest absolute Gasteiger partial charge is 0.326 e. The van der Waals surface area contributed by atoms with Gasteiger partial charge in [0, 0.05) is 17.5 Å². The molecule has 7 heteroatoms. The van der Waals surface area contributed by atoms with Gasteiger partial charge >= 0.3 is 0 Å². The Labute approximate surface area is 138 Å². The van der Waals surface area contributed by atoms with E-state index in [1.807, 2.05) is 31.2 Å². The number of hydrogen-bond donors (Lipinski definition) is 1. The Bertz CT molecular complexity index is 840. The molecular weight excluding hydrogens is 332 g/mol. The standard InChI is InChI=1S/C16H18N2O3S2/c1-12-4-8-15(9-5-12)22(3)18-23(20,21)16-10-6-14(7-11-16)17-13(2)19/h4-11H,1-3H3,(H,17,19)/t22-/m1/s1. The molecule has 5 nitrogen and oxygen atoms in total. The van der Waals surface area contributed by atoms with Gasteiger partial charge < -0.3 is 5.32 Å². The fourth-order valence-corrected chi connectivity index (χ4v) is 4.76. The maximum atomic E-state index is 12.4. The van der Waals surface area contributed by atoms with Gasteiger partial charge in [0.1, 0.15) is 0 Å². The Morgan fingerprint density at radius 1 is 1.04 bits per heavy atom. The first-order valence-electron chi connectivity index (χ1n) is 6.86. The van der Waals surface area contributed by atoms with Crippen LogP contribution in [0.3, 0.4) is 0 Å². The van der Waals surface area contributed by atoms with Gasteiger partial charge in [-0.2, -0.15) is 8.42 Å². The number of amides is 1. The number of carbonyl (C=O) groups excluding carboxylic acids is 1. The van der Waals surface area contributed by atoms with E-state index >= 15 is 0 Å². The average Bonchev–Trinajstić information content (AvgIpc) is 2.47. The van der Waals surface area contributed by atoms with Gasteiger partial charge in [-0.1, -0.05) is 28.4 Å². The fourth-order valence-electron chi connectivity index (χ4n) is 1.88. The highest BCUT2D eigenvalue weighted by atomic mass is 32.3. The van der Waals surface area contributed by atoms with Crippen LogP contribution in [0, 0.1) is 6.92 Å². The van der Waals surface area contributed by atoms with Crippen LogP contribution in [0.2, 0.25) is 0 Å². The summed E-state index contributed by atoms with van der Waals surface area (Å²) in [5.41, 5.74) is 1.66. The van der Waals surface area contributed by atoms with Gasteiger partial charge in [-0.25, -0.2) is 0 Å². The molecule has 2 aromatic carbocycles. The molecule has 2 rings (SSSR count). The highest BCUT2D eigenvalue weighted by Crippen LogP contribution is 2.19. The lowest BCUT2D eigenvalue weighted by molar-refractivity contribution is -0.114. The van der Waals surface area contributed by atoms with E-state index in [-0.39, 0.29) is 10.8 Å². The van der Waals surface area contributed by atoms with Gasteiger partial charge in [-0.05, 0) is 49.6 Å². The summed E-state index contributed by atoms with van der Waals surface area (Å²) in [6, 6.07) is 13.6. The van der Waals surface area contributed by atoms with E-state index in [1.165, 1.54) is 19.1 Å². The molecule has 0 aliphatic carbocycles. The van der Waals surface area contributed by atoms with Crippen LogP contribution in [-0.2, 0) is 25.5 Å². The van der Waals surface area contributed by atoms with Crippen LogP contribution in [0.5, 0.6) is 0 Å². The lowest BCUT2D eigenvalue weighted by atomic mass is 10.2. The third-order valence-electron chi connectivity index (χ3n) is 3.04. The van der Waals surface area contributed by atoms with Crippen molar-refractivity contribution in [3.05, 3.63) is 54.1 Å². The molecule has 0 radical (unpaired) electrons. The van der Waals surface area contributed by atoms with Crippen LogP contribution in [0.1, 0.15) is 12.5 Å². The van der Waals surface area contributed by atoms with Crippen molar-refractivity contribution in [3.8, 4) is 0 Å². The number of nitrogens with zero attached hydrogens (tertiary/aromatic N) is 1. The third kappa shape index (κ3) is 4.74. The van der Waals surface area contributed by atoms with Crippen LogP contribution in [-0.4, -0.2) is 20.6 Å². The summed E-state index contributed by atoms with van der Waals surface area (Å²) in [5, 5.41) is 2.59. The van der Waals surface area contributed by atoms with E-state index in [0.29, 0.717) is 5.69 Å². The molecule has 122 valence electrons. The second-order valence-electron chi connectivity index (χ2n) is 5.05. The SMILES string of the molecule is CC(=O)Nc1ccc(S(=O)(=O)N=[S@](C)c2ccc(C)cc2)cc1. The first kappa shape index (κ1) is 17.4. The molecule has 1 amide bonds. The number of nitrogens with one attached hydrogen (secondary N) is 1. The van der Waals surface area contributed by atoms with Gasteiger partial charge in [0.05, 0.1) is 4.90 Å². The van der Waals surface area contributed by atoms with Gasteiger partial charge in [0.25, 0.3) is 10.0 Å². The smallest absolute Gasteiger partial charge is 0.288 e. The predicted molar refractivity (Wildman–Crippen MR) is 93.1 cm³/mol. The first-order valence-corrected chi connectivity index (χ1v) is 9.89. The number of aryl methyl sites for hydroxylation is 1. The topological polar surface area (TPSA) is 75.6 Å². The Balaban J connectivity index is 2.28. The van der Waals surface area contributed by atoms with Gasteiger partial charge in [0.2, 0.25) is 5.91 Å². The zero-order chi connectivity index (χ0) is 17.0. The lowest BCUT2D eigenvalue weighted by Crippen LogP contribution is -2.06. The van der Waals surface area contributed by atoms with Crippen molar-refractivity contribution in [1.29, 1.82) is 0 Å².